The molecule has 0 fully saturated rings. The van der Waals surface area contributed by atoms with Crippen molar-refractivity contribution in [1.29, 1.82) is 0 Å². The minimum absolute atomic E-state index is 0.699. The average Bonchev–Trinajstić information content (AvgIpc) is 2.39. The molecule has 0 aliphatic heterocycles. The first-order valence-electron chi connectivity index (χ1n) is 6.35. The van der Waals surface area contributed by atoms with Gasteiger partial charge in [0.15, 0.2) is 0 Å². The van der Waals surface area contributed by atoms with E-state index in [4.69, 9.17) is 9.47 Å². The topological polar surface area (TPSA) is 30.5 Å². The van der Waals surface area contributed by atoms with Gasteiger partial charge < -0.3 is 14.8 Å². The Morgan fingerprint density at radius 3 is 2.56 bits per heavy atom. The van der Waals surface area contributed by atoms with Crippen molar-refractivity contribution in [3.63, 3.8) is 0 Å². The Morgan fingerprint density at radius 2 is 1.83 bits per heavy atom. The molecular formula is C14H22BrNO2. The molecule has 1 aromatic carbocycles. The second-order valence-corrected chi connectivity index (χ2v) is 5.04. The maximum Gasteiger partial charge on any atom is 0.0716 e. The summed E-state index contributed by atoms with van der Waals surface area (Å²) in [6, 6.07) is 8.24. The highest BCUT2D eigenvalue weighted by Gasteiger charge is 1.94. The Kier molecular flexibility index (Phi) is 9.12. The lowest BCUT2D eigenvalue weighted by Crippen LogP contribution is -2.20. The first kappa shape index (κ1) is 15.6. The molecule has 0 aliphatic carbocycles. The van der Waals surface area contributed by atoms with E-state index in [9.17, 15) is 0 Å². The molecule has 3 nitrogen and oxygen atoms in total. The molecule has 1 aromatic rings. The summed E-state index contributed by atoms with van der Waals surface area (Å²) in [4.78, 5) is 0. The third-order valence-electron chi connectivity index (χ3n) is 2.56. The number of halogens is 1. The first-order chi connectivity index (χ1) is 8.83. The summed E-state index contributed by atoms with van der Waals surface area (Å²) in [5.74, 6) is 0. The molecule has 102 valence electrons. The standard InChI is InChI=1S/C14H22BrNO2/c1-17-11-9-16-8-2-3-10-18-12-13-4-6-14(15)7-5-13/h4-7,16H,2-3,8-12H2,1H3. The van der Waals surface area contributed by atoms with Crippen molar-refractivity contribution in [1.82, 2.24) is 5.32 Å². The van der Waals surface area contributed by atoms with Gasteiger partial charge in [0.2, 0.25) is 0 Å². The van der Waals surface area contributed by atoms with Gasteiger partial charge >= 0.3 is 0 Å². The number of rotatable bonds is 10. The number of hydrogen-bond acceptors (Lipinski definition) is 3. The SMILES string of the molecule is COCCNCCCCOCc1ccc(Br)cc1. The van der Waals surface area contributed by atoms with Crippen LogP contribution in [0, 0.1) is 0 Å². The highest BCUT2D eigenvalue weighted by atomic mass is 79.9. The molecule has 0 saturated carbocycles. The lowest BCUT2D eigenvalue weighted by molar-refractivity contribution is 0.117. The van der Waals surface area contributed by atoms with Crippen LogP contribution in [0.5, 0.6) is 0 Å². The molecular weight excluding hydrogens is 294 g/mol. The Balaban J connectivity index is 1.91. The van der Waals surface area contributed by atoms with E-state index in [0.29, 0.717) is 6.61 Å². The van der Waals surface area contributed by atoms with Crippen molar-refractivity contribution >= 4 is 15.9 Å². The van der Waals surface area contributed by atoms with Gasteiger partial charge in [0.25, 0.3) is 0 Å². The second-order valence-electron chi connectivity index (χ2n) is 4.13. The Hall–Kier alpha value is -0.420. The quantitative estimate of drug-likeness (QED) is 0.673. The number of unbranched alkanes of at least 4 members (excludes halogenated alkanes) is 1. The molecule has 4 heteroatoms. The molecule has 0 aliphatic rings. The third-order valence-corrected chi connectivity index (χ3v) is 3.09. The fourth-order valence-corrected chi connectivity index (χ4v) is 1.79. The van der Waals surface area contributed by atoms with Gasteiger partial charge in [-0.3, -0.25) is 0 Å². The van der Waals surface area contributed by atoms with E-state index in [0.717, 1.165) is 43.6 Å². The molecule has 0 atom stereocenters. The van der Waals surface area contributed by atoms with Crippen LogP contribution < -0.4 is 5.32 Å². The number of methoxy groups -OCH3 is 1. The van der Waals surface area contributed by atoms with E-state index < -0.39 is 0 Å². The van der Waals surface area contributed by atoms with E-state index >= 15 is 0 Å². The first-order valence-corrected chi connectivity index (χ1v) is 7.14. The minimum atomic E-state index is 0.699. The molecule has 0 saturated heterocycles. The number of hydrogen-bond donors (Lipinski definition) is 1. The van der Waals surface area contributed by atoms with Gasteiger partial charge in [-0.25, -0.2) is 0 Å². The normalized spacial score (nSPS) is 10.8. The summed E-state index contributed by atoms with van der Waals surface area (Å²) >= 11 is 3.42. The summed E-state index contributed by atoms with van der Waals surface area (Å²) in [5, 5.41) is 3.32. The molecule has 0 heterocycles. The summed E-state index contributed by atoms with van der Waals surface area (Å²) < 4.78 is 11.7. The maximum atomic E-state index is 5.62. The molecule has 0 unspecified atom stereocenters. The fourth-order valence-electron chi connectivity index (χ4n) is 1.52. The Labute approximate surface area is 118 Å². The zero-order chi connectivity index (χ0) is 13.1. The van der Waals surface area contributed by atoms with Crippen LogP contribution >= 0.6 is 15.9 Å². The predicted molar refractivity (Wildman–Crippen MR) is 77.8 cm³/mol. The van der Waals surface area contributed by atoms with Gasteiger partial charge in [-0.15, -0.1) is 0 Å². The summed E-state index contributed by atoms with van der Waals surface area (Å²) in [6.45, 7) is 4.26. The fraction of sp³-hybridized carbons (Fsp3) is 0.571. The number of benzene rings is 1. The van der Waals surface area contributed by atoms with Crippen LogP contribution in [-0.4, -0.2) is 33.4 Å². The zero-order valence-electron chi connectivity index (χ0n) is 11.0. The van der Waals surface area contributed by atoms with Gasteiger partial charge in [-0.1, -0.05) is 28.1 Å². The van der Waals surface area contributed by atoms with Gasteiger partial charge in [0, 0.05) is 24.7 Å². The summed E-state index contributed by atoms with van der Waals surface area (Å²) in [7, 11) is 1.72. The average molecular weight is 316 g/mol. The van der Waals surface area contributed by atoms with Crippen molar-refractivity contribution < 1.29 is 9.47 Å². The van der Waals surface area contributed by atoms with E-state index in [1.165, 1.54) is 5.56 Å². The molecule has 0 spiro atoms. The summed E-state index contributed by atoms with van der Waals surface area (Å²) in [5.41, 5.74) is 1.22. The molecule has 0 aromatic heterocycles. The van der Waals surface area contributed by atoms with Crippen molar-refractivity contribution in [2.75, 3.05) is 33.4 Å². The van der Waals surface area contributed by atoms with Crippen LogP contribution in [0.3, 0.4) is 0 Å². The number of ether oxygens (including phenoxy) is 2. The predicted octanol–water partition coefficient (Wildman–Crippen LogP) is 2.98. The minimum Gasteiger partial charge on any atom is -0.383 e. The largest absolute Gasteiger partial charge is 0.383 e. The van der Waals surface area contributed by atoms with E-state index in [2.05, 4.69) is 33.4 Å². The molecule has 0 bridgehead atoms. The van der Waals surface area contributed by atoms with Crippen molar-refractivity contribution in [3.8, 4) is 0 Å². The molecule has 0 radical (unpaired) electrons. The second kappa shape index (κ2) is 10.5. The maximum absolute atomic E-state index is 5.62. The zero-order valence-corrected chi connectivity index (χ0v) is 12.5. The van der Waals surface area contributed by atoms with Crippen LogP contribution in [0.2, 0.25) is 0 Å². The third kappa shape index (κ3) is 7.82. The van der Waals surface area contributed by atoms with Gasteiger partial charge in [-0.05, 0) is 37.1 Å². The lowest BCUT2D eigenvalue weighted by atomic mass is 10.2. The monoisotopic (exact) mass is 315 g/mol. The van der Waals surface area contributed by atoms with Crippen LogP contribution in [0.25, 0.3) is 0 Å². The van der Waals surface area contributed by atoms with Crippen LogP contribution in [0.4, 0.5) is 0 Å². The van der Waals surface area contributed by atoms with Gasteiger partial charge in [0.1, 0.15) is 0 Å². The molecule has 18 heavy (non-hydrogen) atoms. The smallest absolute Gasteiger partial charge is 0.0716 e. The van der Waals surface area contributed by atoms with Crippen LogP contribution in [0.15, 0.2) is 28.7 Å². The van der Waals surface area contributed by atoms with Gasteiger partial charge in [-0.2, -0.15) is 0 Å². The lowest BCUT2D eigenvalue weighted by Gasteiger charge is -2.06. The highest BCUT2D eigenvalue weighted by Crippen LogP contribution is 2.11. The van der Waals surface area contributed by atoms with E-state index in [1.807, 2.05) is 12.1 Å². The Bertz CT molecular complexity index is 303. The van der Waals surface area contributed by atoms with E-state index in [1.54, 1.807) is 7.11 Å². The highest BCUT2D eigenvalue weighted by molar-refractivity contribution is 9.10. The molecule has 0 amide bonds. The molecule has 1 N–H and O–H groups in total. The van der Waals surface area contributed by atoms with Gasteiger partial charge in [0.05, 0.1) is 13.2 Å². The van der Waals surface area contributed by atoms with Crippen molar-refractivity contribution in [2.45, 2.75) is 19.4 Å². The molecule has 1 rings (SSSR count). The Morgan fingerprint density at radius 1 is 1.06 bits per heavy atom. The van der Waals surface area contributed by atoms with Crippen molar-refractivity contribution in [2.24, 2.45) is 0 Å². The van der Waals surface area contributed by atoms with Crippen molar-refractivity contribution in [3.05, 3.63) is 34.3 Å². The van der Waals surface area contributed by atoms with Crippen LogP contribution in [-0.2, 0) is 16.1 Å². The van der Waals surface area contributed by atoms with E-state index in [-0.39, 0.29) is 0 Å². The van der Waals surface area contributed by atoms with Crippen LogP contribution in [0.1, 0.15) is 18.4 Å². The number of nitrogens with one attached hydrogen (secondary N) is 1. The summed E-state index contributed by atoms with van der Waals surface area (Å²) in [6.07, 6.45) is 2.24.